The fourth-order valence-corrected chi connectivity index (χ4v) is 6.92. The van der Waals surface area contributed by atoms with Gasteiger partial charge in [0.2, 0.25) is 0 Å². The molecule has 0 amide bonds. The Bertz CT molecular complexity index is 676. The van der Waals surface area contributed by atoms with E-state index in [0.29, 0.717) is 0 Å². The third kappa shape index (κ3) is 4.45. The van der Waals surface area contributed by atoms with Crippen molar-refractivity contribution in [2.45, 2.75) is 47.2 Å². The van der Waals surface area contributed by atoms with Gasteiger partial charge in [0.05, 0.1) is 9.57 Å². The fraction of sp³-hybridized carbons (Fsp3) is 0.692. The van der Waals surface area contributed by atoms with Crippen molar-refractivity contribution >= 4 is 53.5 Å². The Hall–Kier alpha value is 0.250. The van der Waals surface area contributed by atoms with Crippen LogP contribution >= 0.6 is 31.9 Å². The summed E-state index contributed by atoms with van der Waals surface area (Å²) in [5.74, 6) is -6.29. The number of hydrogen-bond acceptors (Lipinski definition) is 2. The van der Waals surface area contributed by atoms with Gasteiger partial charge in [0.15, 0.2) is 0 Å². The Morgan fingerprint density at radius 3 is 2.12 bits per heavy atom. The number of allylic oxidation sites excluding steroid dienone is 3. The molecule has 0 N–H and O–H groups in total. The first kappa shape index (κ1) is 24.3. The van der Waals surface area contributed by atoms with Gasteiger partial charge in [-0.3, -0.25) is 4.21 Å². The molecule has 0 aromatic heterocycles. The summed E-state index contributed by atoms with van der Waals surface area (Å²) < 4.78 is 114. The van der Waals surface area contributed by atoms with Crippen LogP contribution in [0.15, 0.2) is 21.5 Å². The zero-order valence-corrected chi connectivity index (χ0v) is 18.0. The molecule has 152 valence electrons. The molecule has 26 heavy (non-hydrogen) atoms. The van der Waals surface area contributed by atoms with E-state index in [-0.39, 0.29) is 16.7 Å². The van der Waals surface area contributed by atoms with Crippen molar-refractivity contribution in [2.75, 3.05) is 5.75 Å². The van der Waals surface area contributed by atoms with Crippen molar-refractivity contribution in [1.82, 2.24) is 0 Å². The number of alkyl halides is 8. The average molecular weight is 558 g/mol. The molecule has 4 unspecified atom stereocenters. The predicted octanol–water partition coefficient (Wildman–Crippen LogP) is 5.38. The molecule has 0 spiro atoms. The lowest BCUT2D eigenvalue weighted by molar-refractivity contribution is -0.331. The summed E-state index contributed by atoms with van der Waals surface area (Å²) in [6.07, 6.45) is -4.85. The summed E-state index contributed by atoms with van der Waals surface area (Å²) in [6.45, 7) is 3.08. The topological polar surface area (TPSA) is 34.1 Å². The van der Waals surface area contributed by atoms with Gasteiger partial charge in [-0.2, -0.15) is 30.7 Å². The van der Waals surface area contributed by atoms with Gasteiger partial charge in [0.25, 0.3) is 0 Å². The maximum absolute atomic E-state index is 13.7. The molecule has 0 aromatic rings. The lowest BCUT2D eigenvalue weighted by Crippen LogP contribution is -2.54. The molecule has 0 saturated carbocycles. The van der Waals surface area contributed by atoms with Gasteiger partial charge in [-0.15, -0.1) is 0 Å². The Labute approximate surface area is 166 Å². The van der Waals surface area contributed by atoms with Crippen LogP contribution in [0.25, 0.3) is 0 Å². The van der Waals surface area contributed by atoms with Crippen LogP contribution in [0.5, 0.6) is 0 Å². The highest BCUT2D eigenvalue weighted by Gasteiger charge is 2.76. The predicted molar refractivity (Wildman–Crippen MR) is 93.6 cm³/mol. The van der Waals surface area contributed by atoms with E-state index in [1.54, 1.807) is 6.92 Å². The van der Waals surface area contributed by atoms with Crippen LogP contribution in [0.1, 0.15) is 20.3 Å². The Morgan fingerprint density at radius 1 is 1.19 bits per heavy atom. The van der Waals surface area contributed by atoms with Crippen LogP contribution in [0, 0.1) is 0 Å². The second-order valence-electron chi connectivity index (χ2n) is 5.41. The maximum Gasteiger partial charge on any atom is 0.461 e. The third-order valence-electron chi connectivity index (χ3n) is 3.64. The molecule has 0 radical (unpaired) electrons. The van der Waals surface area contributed by atoms with Gasteiger partial charge in [0, 0.05) is 21.5 Å². The van der Waals surface area contributed by atoms with Crippen LogP contribution in [0.4, 0.5) is 30.7 Å². The van der Waals surface area contributed by atoms with E-state index >= 15 is 0 Å². The quantitative estimate of drug-likeness (QED) is 0.324. The normalized spacial score (nSPS) is 26.0. The molecule has 1 aliphatic rings. The van der Waals surface area contributed by atoms with Gasteiger partial charge in [-0.25, -0.2) is 4.21 Å². The highest BCUT2D eigenvalue weighted by atomic mass is 79.9. The van der Waals surface area contributed by atoms with Gasteiger partial charge in [0.1, 0.15) is 10.8 Å². The molecule has 13 heteroatoms. The van der Waals surface area contributed by atoms with Crippen LogP contribution in [0.3, 0.4) is 0 Å². The molecular formula is C13H13Br2F7O2S2. The minimum absolute atomic E-state index is 0.0574. The lowest BCUT2D eigenvalue weighted by atomic mass is 9.97. The summed E-state index contributed by atoms with van der Waals surface area (Å²) in [5, 5.41) is -6.61. The molecule has 0 aliphatic heterocycles. The Balaban J connectivity index is 3.40. The van der Waals surface area contributed by atoms with E-state index in [9.17, 15) is 39.2 Å². The minimum Gasteiger partial charge on any atom is -0.259 e. The molecule has 0 aromatic carbocycles. The first-order chi connectivity index (χ1) is 11.5. The van der Waals surface area contributed by atoms with Crippen LogP contribution in [-0.4, -0.2) is 41.1 Å². The Kier molecular flexibility index (Phi) is 7.42. The average Bonchev–Trinajstić information content (AvgIpc) is 2.50. The molecule has 0 heterocycles. The maximum atomic E-state index is 13.7. The van der Waals surface area contributed by atoms with Crippen LogP contribution in [-0.2, 0) is 21.6 Å². The van der Waals surface area contributed by atoms with E-state index in [1.807, 2.05) is 0 Å². The zero-order chi connectivity index (χ0) is 20.7. The highest BCUT2D eigenvalue weighted by molar-refractivity contribution is 9.12. The number of rotatable bonds is 6. The molecule has 2 nitrogen and oxygen atoms in total. The van der Waals surface area contributed by atoms with E-state index in [1.165, 1.54) is 6.92 Å². The number of hydrogen-bond donors (Lipinski definition) is 0. The third-order valence-corrected chi connectivity index (χ3v) is 8.82. The monoisotopic (exact) mass is 556 g/mol. The summed E-state index contributed by atoms with van der Waals surface area (Å²) >= 11 is 6.15. The number of halogens is 9. The lowest BCUT2D eigenvalue weighted by Gasteiger charge is -2.34. The van der Waals surface area contributed by atoms with Crippen molar-refractivity contribution in [3.05, 3.63) is 21.5 Å². The largest absolute Gasteiger partial charge is 0.461 e. The summed E-state index contributed by atoms with van der Waals surface area (Å²) in [4.78, 5) is -0.922. The molecule has 0 fully saturated rings. The van der Waals surface area contributed by atoms with Crippen molar-refractivity contribution in [1.29, 1.82) is 0 Å². The second-order valence-corrected chi connectivity index (χ2v) is 11.5. The standard InChI is InChI=1S/C13H13Br2F7O2S2/c1-3-25(23)7(2)10(15)5-8(14)4-9(6-10)26(24)13(21,22)11(16,17)12(18,19)20/h4,6-7H,3,5H2,1-2H3. The SMILES string of the molecule is CCS(=O)C(C)C1(Br)C=C(S(=O)C(F)(F)C(F)(F)C(F)(F)F)C=C(Br)C1. The molecular weight excluding hydrogens is 545 g/mol. The van der Waals surface area contributed by atoms with Gasteiger partial charge in [-0.05, 0) is 30.0 Å². The van der Waals surface area contributed by atoms with Gasteiger partial charge < -0.3 is 0 Å². The minimum atomic E-state index is -6.58. The Morgan fingerprint density at radius 2 is 1.69 bits per heavy atom. The van der Waals surface area contributed by atoms with E-state index in [4.69, 9.17) is 0 Å². The summed E-state index contributed by atoms with van der Waals surface area (Å²) in [6, 6.07) is 0. The molecule has 0 saturated heterocycles. The second kappa shape index (κ2) is 7.94. The smallest absolute Gasteiger partial charge is 0.259 e. The van der Waals surface area contributed by atoms with Gasteiger partial charge >= 0.3 is 17.4 Å². The van der Waals surface area contributed by atoms with Crippen molar-refractivity contribution in [2.24, 2.45) is 0 Å². The zero-order valence-electron chi connectivity index (χ0n) is 13.2. The molecule has 1 aliphatic carbocycles. The highest BCUT2D eigenvalue weighted by Crippen LogP contribution is 2.51. The van der Waals surface area contributed by atoms with Crippen molar-refractivity contribution in [3.63, 3.8) is 0 Å². The van der Waals surface area contributed by atoms with Crippen molar-refractivity contribution in [3.8, 4) is 0 Å². The molecule has 1 rings (SSSR count). The first-order valence-electron chi connectivity index (χ1n) is 6.90. The summed E-state index contributed by atoms with van der Waals surface area (Å²) in [5.41, 5.74) is 0. The van der Waals surface area contributed by atoms with E-state index < -0.39 is 53.4 Å². The van der Waals surface area contributed by atoms with Crippen molar-refractivity contribution < 1.29 is 39.2 Å². The van der Waals surface area contributed by atoms with E-state index in [0.717, 1.165) is 12.2 Å². The first-order valence-corrected chi connectivity index (χ1v) is 11.0. The van der Waals surface area contributed by atoms with E-state index in [2.05, 4.69) is 31.9 Å². The van der Waals surface area contributed by atoms with Gasteiger partial charge in [-0.1, -0.05) is 38.8 Å². The molecule has 0 bridgehead atoms. The summed E-state index contributed by atoms with van der Waals surface area (Å²) in [7, 11) is -5.47. The van der Waals surface area contributed by atoms with Crippen LogP contribution in [0.2, 0.25) is 0 Å². The fourth-order valence-electron chi connectivity index (χ4n) is 2.06. The molecule has 4 atom stereocenters. The van der Waals surface area contributed by atoms with Crippen LogP contribution < -0.4 is 0 Å².